The molecule has 1 heterocycles. The Morgan fingerprint density at radius 3 is 2.56 bits per heavy atom. The van der Waals surface area contributed by atoms with Gasteiger partial charge in [0.05, 0.1) is 30.0 Å². The van der Waals surface area contributed by atoms with E-state index in [4.69, 9.17) is 9.47 Å². The van der Waals surface area contributed by atoms with Gasteiger partial charge in [-0.25, -0.2) is 0 Å². The molecule has 0 aromatic heterocycles. The van der Waals surface area contributed by atoms with Crippen molar-refractivity contribution in [3.63, 3.8) is 0 Å². The molecule has 1 atom stereocenters. The zero-order chi connectivity index (χ0) is 26.2. The maximum Gasteiger partial charge on any atom is 0.271 e. The maximum atomic E-state index is 13.2. The lowest BCUT2D eigenvalue weighted by atomic mass is 10.1. The van der Waals surface area contributed by atoms with Crippen LogP contribution in [0.4, 0.5) is 11.4 Å². The molecule has 2 aromatic carbocycles. The predicted molar refractivity (Wildman–Crippen MR) is 139 cm³/mol. The monoisotopic (exact) mass is 513 g/mol. The molecule has 1 N–H and O–H groups in total. The molecular formula is C24H27N5O6S. The van der Waals surface area contributed by atoms with Gasteiger partial charge in [-0.3, -0.25) is 24.7 Å². The summed E-state index contributed by atoms with van der Waals surface area (Å²) in [6.45, 7) is 6.53. The number of methoxy groups -OCH3 is 1. The number of amidine groups is 1. The minimum atomic E-state index is -0.753. The topological polar surface area (TPSA) is 136 Å². The summed E-state index contributed by atoms with van der Waals surface area (Å²) in [5, 5.41) is 19.1. The van der Waals surface area contributed by atoms with Gasteiger partial charge in [-0.05, 0) is 56.7 Å². The normalized spacial score (nSPS) is 16.8. The van der Waals surface area contributed by atoms with Crippen LogP contribution in [-0.2, 0) is 9.59 Å². The number of thioether (sulfide) groups is 1. The molecule has 36 heavy (non-hydrogen) atoms. The summed E-state index contributed by atoms with van der Waals surface area (Å²) in [5.41, 5.74) is 1.36. The molecule has 0 bridgehead atoms. The van der Waals surface area contributed by atoms with Gasteiger partial charge in [0.1, 0.15) is 16.7 Å². The lowest BCUT2D eigenvalue weighted by molar-refractivity contribution is -0.384. The number of nitro benzene ring substituents is 1. The number of nitrogens with zero attached hydrogens (tertiary/aromatic N) is 4. The highest BCUT2D eigenvalue weighted by atomic mass is 32.2. The number of ether oxygens (including phenoxy) is 2. The Bertz CT molecular complexity index is 1200. The third kappa shape index (κ3) is 6.39. The van der Waals surface area contributed by atoms with Gasteiger partial charge < -0.3 is 14.8 Å². The van der Waals surface area contributed by atoms with E-state index in [1.807, 2.05) is 38.1 Å². The van der Waals surface area contributed by atoms with Gasteiger partial charge in [0, 0.05) is 25.1 Å². The van der Waals surface area contributed by atoms with E-state index in [0.29, 0.717) is 24.0 Å². The number of aliphatic imine (C=N–C) groups is 1. The van der Waals surface area contributed by atoms with E-state index >= 15 is 0 Å². The summed E-state index contributed by atoms with van der Waals surface area (Å²) in [5.74, 6) is 0.134. The Hall–Kier alpha value is -3.93. The molecular weight excluding hydrogens is 486 g/mol. The summed E-state index contributed by atoms with van der Waals surface area (Å²) in [6.07, 6.45) is -0.174. The van der Waals surface area contributed by atoms with Crippen LogP contribution in [-0.4, -0.2) is 58.1 Å². The Labute approximate surface area is 212 Å². The number of benzene rings is 2. The number of nitro groups is 1. The van der Waals surface area contributed by atoms with Crippen LogP contribution in [0.5, 0.6) is 11.5 Å². The highest BCUT2D eigenvalue weighted by Crippen LogP contribution is 2.32. The third-order valence-corrected chi connectivity index (χ3v) is 6.24. The van der Waals surface area contributed by atoms with Crippen LogP contribution in [0, 0.1) is 10.1 Å². The molecule has 11 nitrogen and oxygen atoms in total. The van der Waals surface area contributed by atoms with Gasteiger partial charge in [0.2, 0.25) is 5.91 Å². The van der Waals surface area contributed by atoms with Crippen molar-refractivity contribution in [1.82, 2.24) is 5.01 Å². The van der Waals surface area contributed by atoms with Gasteiger partial charge in [-0.15, -0.1) is 0 Å². The zero-order valence-electron chi connectivity index (χ0n) is 20.4. The van der Waals surface area contributed by atoms with Crippen LogP contribution >= 0.6 is 11.8 Å². The number of amides is 2. The molecule has 190 valence electrons. The number of nitrogens with one attached hydrogen (secondary N) is 1. The molecule has 1 saturated heterocycles. The summed E-state index contributed by atoms with van der Waals surface area (Å²) in [7, 11) is 1.39. The smallest absolute Gasteiger partial charge is 0.271 e. The Morgan fingerprint density at radius 2 is 1.94 bits per heavy atom. The van der Waals surface area contributed by atoms with Crippen LogP contribution in [0.1, 0.15) is 32.8 Å². The summed E-state index contributed by atoms with van der Waals surface area (Å²) >= 11 is 1.15. The summed E-state index contributed by atoms with van der Waals surface area (Å²) < 4.78 is 10.6. The SMILES string of the molecule is CCN=C1SC(CC(=O)Nc2cc([N+](=O)[O-])ccc2OC)C(=O)N1/N=C(\C)c1ccc(OCC)cc1. The second-order valence-corrected chi connectivity index (χ2v) is 8.72. The van der Waals surface area contributed by atoms with Crippen molar-refractivity contribution < 1.29 is 24.0 Å². The average Bonchev–Trinajstić information content (AvgIpc) is 3.13. The number of anilines is 1. The number of carbonyl (C=O) groups excluding carboxylic acids is 2. The molecule has 3 rings (SSSR count). The first kappa shape index (κ1) is 26.7. The molecule has 0 saturated carbocycles. The van der Waals surface area contributed by atoms with E-state index in [1.165, 1.54) is 30.3 Å². The minimum Gasteiger partial charge on any atom is -0.495 e. The highest BCUT2D eigenvalue weighted by molar-refractivity contribution is 8.15. The number of hydrogen-bond acceptors (Lipinski definition) is 9. The second-order valence-electron chi connectivity index (χ2n) is 7.55. The molecule has 2 aromatic rings. The highest BCUT2D eigenvalue weighted by Gasteiger charge is 2.39. The lowest BCUT2D eigenvalue weighted by Gasteiger charge is -2.13. The van der Waals surface area contributed by atoms with Crippen molar-refractivity contribution in [1.29, 1.82) is 0 Å². The van der Waals surface area contributed by atoms with E-state index in [2.05, 4.69) is 15.4 Å². The van der Waals surface area contributed by atoms with E-state index in [0.717, 1.165) is 23.1 Å². The van der Waals surface area contributed by atoms with Gasteiger partial charge in [0.15, 0.2) is 5.17 Å². The van der Waals surface area contributed by atoms with Crippen LogP contribution in [0.15, 0.2) is 52.6 Å². The van der Waals surface area contributed by atoms with E-state index in [9.17, 15) is 19.7 Å². The second kappa shape index (κ2) is 12.2. The predicted octanol–water partition coefficient (Wildman–Crippen LogP) is 4.07. The number of rotatable bonds is 10. The number of hydrogen-bond donors (Lipinski definition) is 1. The van der Waals surface area contributed by atoms with Crippen LogP contribution in [0.25, 0.3) is 0 Å². The fourth-order valence-corrected chi connectivity index (χ4v) is 4.49. The lowest BCUT2D eigenvalue weighted by Crippen LogP contribution is -2.30. The van der Waals surface area contributed by atoms with E-state index < -0.39 is 16.1 Å². The van der Waals surface area contributed by atoms with Crippen LogP contribution in [0.2, 0.25) is 0 Å². The Balaban J connectivity index is 1.76. The first-order valence-corrected chi connectivity index (χ1v) is 12.1. The third-order valence-electron chi connectivity index (χ3n) is 5.08. The fraction of sp³-hybridized carbons (Fsp3) is 0.333. The van der Waals surface area contributed by atoms with Crippen molar-refractivity contribution >= 4 is 45.8 Å². The van der Waals surface area contributed by atoms with Crippen molar-refractivity contribution in [3.8, 4) is 11.5 Å². The van der Waals surface area contributed by atoms with Crippen LogP contribution in [0.3, 0.4) is 0 Å². The van der Waals surface area contributed by atoms with Crippen molar-refractivity contribution in [2.45, 2.75) is 32.4 Å². The van der Waals surface area contributed by atoms with E-state index in [-0.39, 0.29) is 29.5 Å². The standard InChI is InChI=1S/C24H27N5O6S/c1-5-25-24-28(27-15(3)16-7-10-18(11-8-16)35-6-2)23(31)21(36-24)14-22(30)26-19-13-17(29(32)33)9-12-20(19)34-4/h7-13,21H,5-6,14H2,1-4H3,(H,26,30)/b25-24?,27-15+. The Kier molecular flexibility index (Phi) is 9.01. The quantitative estimate of drug-likeness (QED) is 0.287. The largest absolute Gasteiger partial charge is 0.495 e. The minimum absolute atomic E-state index is 0.149. The van der Waals surface area contributed by atoms with Crippen molar-refractivity contribution in [2.24, 2.45) is 10.1 Å². The molecule has 0 spiro atoms. The van der Waals surface area contributed by atoms with Gasteiger partial charge in [0.25, 0.3) is 11.6 Å². The molecule has 1 fully saturated rings. The van der Waals surface area contributed by atoms with E-state index in [1.54, 1.807) is 6.92 Å². The summed E-state index contributed by atoms with van der Waals surface area (Å²) in [4.78, 5) is 40.8. The number of hydrazone groups is 1. The number of carbonyl (C=O) groups is 2. The van der Waals surface area contributed by atoms with Gasteiger partial charge in [-0.1, -0.05) is 11.8 Å². The molecule has 0 radical (unpaired) electrons. The molecule has 1 unspecified atom stereocenters. The average molecular weight is 514 g/mol. The molecule has 12 heteroatoms. The van der Waals surface area contributed by atoms with Gasteiger partial charge in [-0.2, -0.15) is 10.1 Å². The molecule has 2 amide bonds. The molecule has 1 aliphatic heterocycles. The Morgan fingerprint density at radius 1 is 1.22 bits per heavy atom. The molecule has 1 aliphatic rings. The summed E-state index contributed by atoms with van der Waals surface area (Å²) in [6, 6.07) is 11.2. The first-order valence-electron chi connectivity index (χ1n) is 11.2. The van der Waals surface area contributed by atoms with Crippen molar-refractivity contribution in [2.75, 3.05) is 25.6 Å². The maximum absolute atomic E-state index is 13.2. The zero-order valence-corrected chi connectivity index (χ0v) is 21.2. The fourth-order valence-electron chi connectivity index (χ4n) is 3.36. The number of non-ortho nitro benzene ring substituents is 1. The van der Waals surface area contributed by atoms with Crippen LogP contribution < -0.4 is 14.8 Å². The molecule has 0 aliphatic carbocycles. The first-order chi connectivity index (χ1) is 17.3. The van der Waals surface area contributed by atoms with Crippen molar-refractivity contribution in [3.05, 3.63) is 58.1 Å². The van der Waals surface area contributed by atoms with Gasteiger partial charge >= 0.3 is 0 Å².